The van der Waals surface area contributed by atoms with E-state index < -0.39 is 58.9 Å². The highest BCUT2D eigenvalue weighted by molar-refractivity contribution is 7.99. The van der Waals surface area contributed by atoms with Crippen molar-refractivity contribution in [3.05, 3.63) is 137 Å². The Hall–Kier alpha value is -4.70. The summed E-state index contributed by atoms with van der Waals surface area (Å²) in [4.78, 5) is 18.4. The van der Waals surface area contributed by atoms with Gasteiger partial charge in [0, 0.05) is 85.3 Å². The first kappa shape index (κ1) is 53.1. The van der Waals surface area contributed by atoms with E-state index in [2.05, 4.69) is 38.6 Å². The third kappa shape index (κ3) is 13.6. The molecule has 7 rings (SSSR count). The van der Waals surface area contributed by atoms with Crippen molar-refractivity contribution >= 4 is 60.5 Å². The Labute approximate surface area is 417 Å². The minimum atomic E-state index is -6.10. The number of alkyl halides is 3. The number of piperidine rings is 1. The molecule has 1 amide bonds. The lowest BCUT2D eigenvalue weighted by Crippen LogP contribution is -2.42. The van der Waals surface area contributed by atoms with E-state index >= 15 is 0 Å². The summed E-state index contributed by atoms with van der Waals surface area (Å²) in [5.41, 5.74) is -1.64. The van der Waals surface area contributed by atoms with Gasteiger partial charge >= 0.3 is 5.51 Å². The topological polar surface area (TPSA) is 172 Å². The largest absolute Gasteiger partial charge is 0.501 e. The van der Waals surface area contributed by atoms with Crippen molar-refractivity contribution in [3.8, 4) is 11.1 Å². The third-order valence-electron chi connectivity index (χ3n) is 12.7. The summed E-state index contributed by atoms with van der Waals surface area (Å²) in [6, 6.07) is 31.0. The molecule has 70 heavy (non-hydrogen) atoms. The van der Waals surface area contributed by atoms with Crippen LogP contribution in [0.2, 0.25) is 5.02 Å². The second-order valence-corrected chi connectivity index (χ2v) is 22.7. The number of hydrogen-bond acceptors (Lipinski definition) is 13. The van der Waals surface area contributed by atoms with E-state index in [1.54, 1.807) is 19.2 Å². The van der Waals surface area contributed by atoms with Crippen LogP contribution >= 0.6 is 23.4 Å². The molecule has 0 saturated carbocycles. The molecule has 2 heterocycles. The van der Waals surface area contributed by atoms with Crippen LogP contribution in [0.5, 0.6) is 0 Å². The normalized spacial score (nSPS) is 16.3. The number of hydrogen-bond donors (Lipinski definition) is 5. The van der Waals surface area contributed by atoms with Gasteiger partial charge < -0.3 is 30.6 Å². The number of halogens is 4. The van der Waals surface area contributed by atoms with E-state index in [0.717, 1.165) is 77.7 Å². The average molecular weight is 1040 g/mol. The van der Waals surface area contributed by atoms with Crippen molar-refractivity contribution in [1.82, 2.24) is 19.8 Å². The van der Waals surface area contributed by atoms with Gasteiger partial charge in [0.1, 0.15) is 4.90 Å². The molecular formula is C50H58ClF3N6O7S3. The van der Waals surface area contributed by atoms with Crippen molar-refractivity contribution in [2.75, 3.05) is 82.0 Å². The quantitative estimate of drug-likeness (QED) is 0.0482. The summed E-state index contributed by atoms with van der Waals surface area (Å²) >= 11 is 7.61. The summed E-state index contributed by atoms with van der Waals surface area (Å²) < 4.78 is 97.7. The minimum absolute atomic E-state index is 0.0482. The SMILES string of the molecule is CN(CCO)CC[C@H](CSc1ccccc1)Nc1ccc(S(=O)(=O)NC(=O)c2ccc(N3CCC([C@H](O)c4cc(CN5CCNCC5)ccc4-c4ccc(Cl)cc4)CC3)cc2)cc1S(=O)(=O)C(F)(F)F. The number of aliphatic hydroxyl groups excluding tert-OH is 2. The Morgan fingerprint density at radius 3 is 2.23 bits per heavy atom. The van der Waals surface area contributed by atoms with Crippen molar-refractivity contribution in [1.29, 1.82) is 0 Å². The van der Waals surface area contributed by atoms with E-state index in [1.165, 1.54) is 23.9 Å². The van der Waals surface area contributed by atoms with E-state index in [4.69, 9.17) is 11.6 Å². The first-order chi connectivity index (χ1) is 33.4. The molecule has 2 atom stereocenters. The van der Waals surface area contributed by atoms with Crippen molar-refractivity contribution in [3.63, 3.8) is 0 Å². The van der Waals surface area contributed by atoms with Gasteiger partial charge in [-0.2, -0.15) is 13.2 Å². The second-order valence-electron chi connectivity index (χ2n) is 17.6. The molecule has 0 spiro atoms. The molecule has 5 N–H and O–H groups in total. The number of carbonyl (C=O) groups excluding carboxylic acids is 1. The smallest absolute Gasteiger partial charge is 0.395 e. The predicted molar refractivity (Wildman–Crippen MR) is 269 cm³/mol. The molecule has 0 aliphatic carbocycles. The zero-order chi connectivity index (χ0) is 50.1. The van der Waals surface area contributed by atoms with Crippen LogP contribution in [-0.4, -0.2) is 126 Å². The van der Waals surface area contributed by atoms with Crippen LogP contribution in [0.4, 0.5) is 24.5 Å². The van der Waals surface area contributed by atoms with Crippen LogP contribution in [0, 0.1) is 5.92 Å². The molecule has 0 radical (unpaired) electrons. The predicted octanol–water partition coefficient (Wildman–Crippen LogP) is 7.66. The number of sulfonamides is 1. The first-order valence-electron chi connectivity index (χ1n) is 23.0. The van der Waals surface area contributed by atoms with Gasteiger partial charge in [-0.1, -0.05) is 60.1 Å². The first-order valence-corrected chi connectivity index (χ1v) is 27.4. The molecule has 2 saturated heterocycles. The van der Waals surface area contributed by atoms with Crippen molar-refractivity contribution in [2.24, 2.45) is 5.92 Å². The number of rotatable bonds is 20. The molecule has 2 aliphatic heterocycles. The Morgan fingerprint density at radius 2 is 1.57 bits per heavy atom. The molecule has 376 valence electrons. The highest BCUT2D eigenvalue weighted by atomic mass is 35.5. The number of sulfone groups is 1. The lowest BCUT2D eigenvalue weighted by atomic mass is 9.83. The van der Waals surface area contributed by atoms with Gasteiger partial charge in [0.15, 0.2) is 0 Å². The number of likely N-dealkylation sites (N-methyl/N-ethyl adjacent to an activating group) is 1. The highest BCUT2D eigenvalue weighted by Gasteiger charge is 2.48. The van der Waals surface area contributed by atoms with Gasteiger partial charge in [0.25, 0.3) is 25.8 Å². The van der Waals surface area contributed by atoms with Crippen LogP contribution < -0.4 is 20.3 Å². The van der Waals surface area contributed by atoms with E-state index in [-0.39, 0.29) is 18.1 Å². The lowest BCUT2D eigenvalue weighted by Gasteiger charge is -2.36. The fourth-order valence-corrected chi connectivity index (χ4v) is 11.8. The summed E-state index contributed by atoms with van der Waals surface area (Å²) in [5, 5.41) is 28.3. The van der Waals surface area contributed by atoms with Crippen molar-refractivity contribution in [2.45, 2.75) is 58.1 Å². The average Bonchev–Trinajstić information content (AvgIpc) is 3.35. The monoisotopic (exact) mass is 1040 g/mol. The number of piperazine rings is 1. The Balaban J connectivity index is 1.02. The lowest BCUT2D eigenvalue weighted by molar-refractivity contribution is -0.0435. The molecule has 0 bridgehead atoms. The molecule has 2 fully saturated rings. The number of anilines is 2. The number of thioether (sulfide) groups is 1. The molecule has 20 heteroatoms. The number of amides is 1. The van der Waals surface area contributed by atoms with Gasteiger partial charge in [-0.05, 0) is 128 Å². The summed E-state index contributed by atoms with van der Waals surface area (Å²) in [5.74, 6) is -0.817. The number of aliphatic hydroxyl groups is 2. The minimum Gasteiger partial charge on any atom is -0.395 e. The molecule has 5 aromatic rings. The number of nitrogens with one attached hydrogen (secondary N) is 3. The maximum Gasteiger partial charge on any atom is 0.501 e. The van der Waals surface area contributed by atoms with Crippen LogP contribution in [-0.2, 0) is 26.4 Å². The molecule has 13 nitrogen and oxygen atoms in total. The molecular weight excluding hydrogens is 985 g/mol. The van der Waals surface area contributed by atoms with Crippen LogP contribution in [0.15, 0.2) is 130 Å². The number of nitrogens with zero attached hydrogens (tertiary/aromatic N) is 3. The van der Waals surface area contributed by atoms with E-state index in [0.29, 0.717) is 62.3 Å². The Morgan fingerprint density at radius 1 is 0.886 bits per heavy atom. The number of carbonyl (C=O) groups is 1. The zero-order valence-electron chi connectivity index (χ0n) is 38.6. The number of benzene rings is 5. The summed E-state index contributed by atoms with van der Waals surface area (Å²) in [7, 11) is -9.24. The molecule has 5 aromatic carbocycles. The van der Waals surface area contributed by atoms with E-state index in [9.17, 15) is 45.0 Å². The van der Waals surface area contributed by atoms with Crippen LogP contribution in [0.1, 0.15) is 46.9 Å². The maximum absolute atomic E-state index is 14.2. The van der Waals surface area contributed by atoms with Crippen LogP contribution in [0.3, 0.4) is 0 Å². The van der Waals surface area contributed by atoms with Crippen molar-refractivity contribution < 1.29 is 45.0 Å². The fraction of sp³-hybridized carbons (Fsp3) is 0.380. The summed E-state index contributed by atoms with van der Waals surface area (Å²) in [6.07, 6.45) is 0.924. The third-order valence-corrected chi connectivity index (χ3v) is 16.9. The molecule has 2 aliphatic rings. The maximum atomic E-state index is 14.2. The molecule has 0 unspecified atom stereocenters. The second kappa shape index (κ2) is 23.7. The fourth-order valence-electron chi connectivity index (χ4n) is 8.69. The van der Waals surface area contributed by atoms with Gasteiger partial charge in [0.2, 0.25) is 0 Å². The highest BCUT2D eigenvalue weighted by Crippen LogP contribution is 2.39. The Kier molecular flexibility index (Phi) is 18.0. The molecule has 0 aromatic heterocycles. The van der Waals surface area contributed by atoms with Gasteiger partial charge in [-0.3, -0.25) is 9.69 Å². The Bertz CT molecular complexity index is 2760. The van der Waals surface area contributed by atoms with Gasteiger partial charge in [0.05, 0.1) is 23.3 Å². The van der Waals surface area contributed by atoms with Crippen LogP contribution in [0.25, 0.3) is 11.1 Å². The zero-order valence-corrected chi connectivity index (χ0v) is 41.8. The van der Waals surface area contributed by atoms with Gasteiger partial charge in [-0.25, -0.2) is 21.6 Å². The van der Waals surface area contributed by atoms with E-state index in [1.807, 2.05) is 64.2 Å². The summed E-state index contributed by atoms with van der Waals surface area (Å²) in [6.45, 7) is 6.34. The standard InChI is InChI=1S/C50H58ClF3N6O7S3/c1-58(29-30-61)24-21-40(34-68-42-5-3-2-4-6-42)56-46-18-16-43(32-47(46)69(64,65)50(52,53)54)70(66,67)57-49(63)38-10-14-41(15-11-38)60-25-19-37(20-26-60)48(62)45-31-35(33-59-27-22-55-23-28-59)7-17-44(45)36-8-12-39(51)13-9-36/h2-18,31-32,37,40,48,55-56,61-62H,19-30,33-34H2,1H3,(H,57,63)/t40-,48+/m1/s1. The van der Waals surface area contributed by atoms with Gasteiger partial charge in [-0.15, -0.1) is 11.8 Å².